The fraction of sp³-hybridized carbons (Fsp3) is 0.957. The summed E-state index contributed by atoms with van der Waals surface area (Å²) in [6.07, 6.45) is 45.6. The first-order valence-corrected chi connectivity index (χ1v) is 23.8. The summed E-state index contributed by atoms with van der Waals surface area (Å²) in [7, 11) is 1.41. The lowest BCUT2D eigenvalue weighted by Crippen LogP contribution is -2.32. The summed E-state index contributed by atoms with van der Waals surface area (Å²) in [6.45, 7) is 7.17. The predicted molar refractivity (Wildman–Crippen MR) is 229 cm³/mol. The van der Waals surface area contributed by atoms with Gasteiger partial charge in [-0.15, -0.1) is 0 Å². The average Bonchev–Trinajstić information content (AvgIpc) is 3.18. The van der Waals surface area contributed by atoms with E-state index < -0.39 is 6.09 Å². The van der Waals surface area contributed by atoms with Crippen LogP contribution in [0.1, 0.15) is 245 Å². The van der Waals surface area contributed by atoms with Gasteiger partial charge in [-0.05, 0) is 25.7 Å². The Morgan fingerprint density at radius 1 is 0.444 bits per heavy atom. The van der Waals surface area contributed by atoms with Crippen LogP contribution in [0.25, 0.3) is 0 Å². The molecule has 0 radical (unpaired) electrons. The molecule has 0 rings (SSSR count). The van der Waals surface area contributed by atoms with E-state index in [0.29, 0.717) is 26.2 Å². The summed E-state index contributed by atoms with van der Waals surface area (Å²) < 4.78 is 22.4. The molecule has 0 saturated carbocycles. The quantitative estimate of drug-likeness (QED) is 0.0491. The molecule has 322 valence electrons. The van der Waals surface area contributed by atoms with Gasteiger partial charge in [0.15, 0.2) is 0 Å². The highest BCUT2D eigenvalue weighted by atomic mass is 16.6. The second kappa shape index (κ2) is 46.0. The van der Waals surface area contributed by atoms with Crippen molar-refractivity contribution in [3.8, 4) is 0 Å². The molecular formula is C47H93NO6. The first-order chi connectivity index (χ1) is 26.6. The van der Waals surface area contributed by atoms with Crippen molar-refractivity contribution in [2.45, 2.75) is 251 Å². The molecule has 0 aromatic heterocycles. The van der Waals surface area contributed by atoms with Crippen LogP contribution in [-0.4, -0.2) is 58.2 Å². The molecule has 0 spiro atoms. The number of unbranched alkanes of at least 4 members (excludes halogenated alkanes) is 32. The lowest BCUT2D eigenvalue weighted by atomic mass is 10.0. The number of esters is 1. The van der Waals surface area contributed by atoms with Crippen LogP contribution in [0.3, 0.4) is 0 Å². The van der Waals surface area contributed by atoms with Gasteiger partial charge in [0.25, 0.3) is 0 Å². The number of carbonyl (C=O) groups excluding carboxylic acids is 2. The monoisotopic (exact) mass is 768 g/mol. The number of nitrogens with one attached hydrogen (secondary N) is 1. The molecule has 0 aromatic rings. The van der Waals surface area contributed by atoms with Crippen molar-refractivity contribution in [2.24, 2.45) is 0 Å². The van der Waals surface area contributed by atoms with Gasteiger partial charge in [0, 0.05) is 26.2 Å². The third-order valence-electron chi connectivity index (χ3n) is 10.8. The molecule has 1 atom stereocenters. The van der Waals surface area contributed by atoms with Crippen LogP contribution in [0, 0.1) is 0 Å². The molecule has 1 amide bonds. The number of hydrogen-bond donors (Lipinski definition) is 1. The second-order valence-corrected chi connectivity index (χ2v) is 16.1. The maximum absolute atomic E-state index is 12.3. The van der Waals surface area contributed by atoms with Crippen molar-refractivity contribution in [3.05, 3.63) is 0 Å². The number of methoxy groups -OCH3 is 1. The molecule has 0 bridgehead atoms. The minimum atomic E-state index is -0.420. The van der Waals surface area contributed by atoms with Gasteiger partial charge in [0.2, 0.25) is 0 Å². The van der Waals surface area contributed by atoms with Gasteiger partial charge in [-0.2, -0.15) is 0 Å². The highest BCUT2D eigenvalue weighted by Gasteiger charge is 2.13. The first kappa shape index (κ1) is 52.7. The van der Waals surface area contributed by atoms with Gasteiger partial charge >= 0.3 is 12.1 Å². The third-order valence-corrected chi connectivity index (χ3v) is 10.8. The van der Waals surface area contributed by atoms with Crippen LogP contribution in [0.2, 0.25) is 0 Å². The van der Waals surface area contributed by atoms with Gasteiger partial charge in [0.05, 0.1) is 13.7 Å². The molecule has 7 nitrogen and oxygen atoms in total. The lowest BCUT2D eigenvalue weighted by molar-refractivity contribution is -0.140. The average molecular weight is 768 g/mol. The van der Waals surface area contributed by atoms with E-state index in [-0.39, 0.29) is 18.7 Å². The second-order valence-electron chi connectivity index (χ2n) is 16.1. The molecule has 0 aromatic carbocycles. The Morgan fingerprint density at radius 3 is 1.22 bits per heavy atom. The van der Waals surface area contributed by atoms with Crippen LogP contribution >= 0.6 is 0 Å². The van der Waals surface area contributed by atoms with E-state index in [9.17, 15) is 9.59 Å². The SMILES string of the molecule is CCCCCCCCCCCCCCCCCCOC[C@H](COC(=O)NCCCCCC(=O)OC)OCCCCCCCCCCCCCCCCCC. The number of ether oxygens (including phenoxy) is 4. The Kier molecular flexibility index (Phi) is 44.9. The predicted octanol–water partition coefficient (Wildman–Crippen LogP) is 14.4. The Hall–Kier alpha value is -1.34. The smallest absolute Gasteiger partial charge is 0.407 e. The maximum Gasteiger partial charge on any atom is 0.407 e. The summed E-state index contributed by atoms with van der Waals surface area (Å²) in [5, 5.41) is 2.82. The Bertz CT molecular complexity index is 750. The summed E-state index contributed by atoms with van der Waals surface area (Å²) in [4.78, 5) is 23.5. The zero-order valence-electron chi connectivity index (χ0n) is 36.5. The van der Waals surface area contributed by atoms with Gasteiger partial charge < -0.3 is 24.3 Å². The Labute approximate surface area is 336 Å². The van der Waals surface area contributed by atoms with Crippen molar-refractivity contribution in [1.29, 1.82) is 0 Å². The van der Waals surface area contributed by atoms with Crippen molar-refractivity contribution in [1.82, 2.24) is 5.32 Å². The number of alkyl carbamates (subject to hydrolysis) is 1. The minimum absolute atomic E-state index is 0.190. The molecule has 1 N–H and O–H groups in total. The number of rotatable bonds is 45. The highest BCUT2D eigenvalue weighted by Crippen LogP contribution is 2.16. The van der Waals surface area contributed by atoms with E-state index in [2.05, 4.69) is 23.9 Å². The molecule has 0 saturated heterocycles. The fourth-order valence-corrected chi connectivity index (χ4v) is 7.09. The summed E-state index contributed by atoms with van der Waals surface area (Å²) in [5.74, 6) is -0.190. The fourth-order valence-electron chi connectivity index (χ4n) is 7.09. The van der Waals surface area contributed by atoms with E-state index >= 15 is 0 Å². The van der Waals surface area contributed by atoms with Crippen LogP contribution in [-0.2, 0) is 23.7 Å². The molecule has 0 heterocycles. The number of amides is 1. The molecule has 0 aliphatic rings. The molecule has 54 heavy (non-hydrogen) atoms. The highest BCUT2D eigenvalue weighted by molar-refractivity contribution is 5.69. The van der Waals surface area contributed by atoms with Crippen LogP contribution in [0.15, 0.2) is 0 Å². The van der Waals surface area contributed by atoms with Crippen molar-refractivity contribution in [3.63, 3.8) is 0 Å². The van der Waals surface area contributed by atoms with Gasteiger partial charge in [-0.3, -0.25) is 4.79 Å². The van der Waals surface area contributed by atoms with Crippen molar-refractivity contribution in [2.75, 3.05) is 40.1 Å². The first-order valence-electron chi connectivity index (χ1n) is 23.8. The lowest BCUT2D eigenvalue weighted by Gasteiger charge is -2.18. The molecule has 0 aliphatic heterocycles. The number of carbonyl (C=O) groups is 2. The third kappa shape index (κ3) is 43.4. The Morgan fingerprint density at radius 2 is 0.815 bits per heavy atom. The molecule has 7 heteroatoms. The molecule has 0 unspecified atom stereocenters. The standard InChI is InChI=1S/C47H93NO6/c1-4-6-8-10-12-14-16-18-20-22-24-26-28-30-32-37-41-52-43-45(44-54-47(50)48-40-36-34-35-39-46(49)51-3)53-42-38-33-31-29-27-25-23-21-19-17-15-13-11-9-7-5-2/h45H,4-44H2,1-3H3,(H,48,50)/t45-/m1/s1. The maximum atomic E-state index is 12.3. The topological polar surface area (TPSA) is 83.1 Å². The van der Waals surface area contributed by atoms with E-state index in [0.717, 1.165) is 38.7 Å². The van der Waals surface area contributed by atoms with E-state index in [4.69, 9.17) is 14.2 Å². The van der Waals surface area contributed by atoms with Gasteiger partial charge in [0.1, 0.15) is 12.7 Å². The van der Waals surface area contributed by atoms with Crippen molar-refractivity contribution >= 4 is 12.1 Å². The van der Waals surface area contributed by atoms with E-state index in [1.807, 2.05) is 0 Å². The zero-order chi connectivity index (χ0) is 39.3. The minimum Gasteiger partial charge on any atom is -0.469 e. The van der Waals surface area contributed by atoms with Crippen LogP contribution in [0.5, 0.6) is 0 Å². The molecule has 0 aliphatic carbocycles. The molecule has 0 fully saturated rings. The summed E-state index contributed by atoms with van der Waals surface area (Å²) in [6, 6.07) is 0. The van der Waals surface area contributed by atoms with E-state index in [1.165, 1.54) is 200 Å². The van der Waals surface area contributed by atoms with Gasteiger partial charge in [-0.1, -0.05) is 213 Å². The summed E-state index contributed by atoms with van der Waals surface area (Å²) >= 11 is 0. The van der Waals surface area contributed by atoms with Crippen LogP contribution in [0.4, 0.5) is 4.79 Å². The van der Waals surface area contributed by atoms with Crippen LogP contribution < -0.4 is 5.32 Å². The summed E-state index contributed by atoms with van der Waals surface area (Å²) in [5.41, 5.74) is 0. The molecular weight excluding hydrogens is 675 g/mol. The largest absolute Gasteiger partial charge is 0.469 e. The van der Waals surface area contributed by atoms with Crippen molar-refractivity contribution < 1.29 is 28.5 Å². The number of hydrogen-bond acceptors (Lipinski definition) is 6. The van der Waals surface area contributed by atoms with Gasteiger partial charge in [-0.25, -0.2) is 4.79 Å². The zero-order valence-corrected chi connectivity index (χ0v) is 36.5. The van der Waals surface area contributed by atoms with E-state index in [1.54, 1.807) is 0 Å². The normalized spacial score (nSPS) is 11.9. The Balaban J connectivity index is 4.01.